The molecule has 1 aliphatic heterocycles. The summed E-state index contributed by atoms with van der Waals surface area (Å²) in [5.41, 5.74) is 2.12. The molecule has 150 valence electrons. The van der Waals surface area contributed by atoms with Gasteiger partial charge in [0.1, 0.15) is 5.75 Å². The standard InChI is InChI=1S/C20H26N4O3S/c1-22-20(23-13-15-4-3-5-19(12-15)28(21,25)26)24-11-10-17(14-24)16-6-8-18(27-2)9-7-16/h3-9,12,17H,10-11,13-14H2,1-2H3,(H,22,23)(H2,21,25,26). The molecular formula is C20H26N4O3S. The highest BCUT2D eigenvalue weighted by atomic mass is 32.2. The number of sulfonamides is 1. The Hall–Kier alpha value is -2.58. The second-order valence-corrected chi connectivity index (χ2v) is 8.36. The molecule has 2 aromatic rings. The number of rotatable bonds is 5. The second kappa shape index (κ2) is 8.62. The predicted octanol–water partition coefficient (Wildman–Crippen LogP) is 1.91. The van der Waals surface area contributed by atoms with Gasteiger partial charge in [0, 0.05) is 32.6 Å². The number of hydrogen-bond acceptors (Lipinski definition) is 4. The van der Waals surface area contributed by atoms with Crippen molar-refractivity contribution in [2.24, 2.45) is 10.1 Å². The van der Waals surface area contributed by atoms with Gasteiger partial charge in [-0.15, -0.1) is 0 Å². The second-order valence-electron chi connectivity index (χ2n) is 6.80. The SMILES string of the molecule is CN=C(NCc1cccc(S(N)(=O)=O)c1)N1CCC(c2ccc(OC)cc2)C1. The van der Waals surface area contributed by atoms with Gasteiger partial charge in [0.05, 0.1) is 12.0 Å². The van der Waals surface area contributed by atoms with Crippen LogP contribution in [0.5, 0.6) is 5.75 Å². The lowest BCUT2D eigenvalue weighted by atomic mass is 9.98. The summed E-state index contributed by atoms with van der Waals surface area (Å²) in [4.78, 5) is 6.71. The van der Waals surface area contributed by atoms with E-state index in [2.05, 4.69) is 27.3 Å². The third kappa shape index (κ3) is 4.82. The maximum atomic E-state index is 11.5. The smallest absolute Gasteiger partial charge is 0.238 e. The number of nitrogens with one attached hydrogen (secondary N) is 1. The zero-order valence-corrected chi connectivity index (χ0v) is 16.9. The molecule has 1 heterocycles. The molecule has 0 bridgehead atoms. The average molecular weight is 403 g/mol. The first kappa shape index (κ1) is 20.2. The van der Waals surface area contributed by atoms with Crippen LogP contribution in [0.1, 0.15) is 23.5 Å². The van der Waals surface area contributed by atoms with Crippen LogP contribution in [-0.2, 0) is 16.6 Å². The molecule has 2 aromatic carbocycles. The molecule has 1 aliphatic rings. The molecule has 0 aromatic heterocycles. The summed E-state index contributed by atoms with van der Waals surface area (Å²) in [7, 11) is -0.284. The molecule has 8 heteroatoms. The van der Waals surface area contributed by atoms with E-state index in [4.69, 9.17) is 9.88 Å². The number of nitrogens with two attached hydrogens (primary N) is 1. The summed E-state index contributed by atoms with van der Waals surface area (Å²) in [6.07, 6.45) is 1.05. The summed E-state index contributed by atoms with van der Waals surface area (Å²) in [6, 6.07) is 14.8. The van der Waals surface area contributed by atoms with Gasteiger partial charge in [-0.2, -0.15) is 0 Å². The van der Waals surface area contributed by atoms with Crippen LogP contribution in [0.2, 0.25) is 0 Å². The van der Waals surface area contributed by atoms with Crippen molar-refractivity contribution < 1.29 is 13.2 Å². The molecule has 3 N–H and O–H groups in total. The fourth-order valence-corrected chi connectivity index (χ4v) is 4.03. The van der Waals surface area contributed by atoms with Crippen molar-refractivity contribution in [3.05, 3.63) is 59.7 Å². The summed E-state index contributed by atoms with van der Waals surface area (Å²) in [5.74, 6) is 2.10. The van der Waals surface area contributed by atoms with Crippen molar-refractivity contribution in [2.45, 2.75) is 23.8 Å². The van der Waals surface area contributed by atoms with E-state index in [1.165, 1.54) is 11.6 Å². The first-order chi connectivity index (χ1) is 13.4. The highest BCUT2D eigenvalue weighted by Gasteiger charge is 2.26. The number of methoxy groups -OCH3 is 1. The van der Waals surface area contributed by atoms with Gasteiger partial charge >= 0.3 is 0 Å². The molecule has 28 heavy (non-hydrogen) atoms. The molecule has 1 atom stereocenters. The van der Waals surface area contributed by atoms with Crippen molar-refractivity contribution in [3.8, 4) is 5.75 Å². The zero-order chi connectivity index (χ0) is 20.1. The maximum absolute atomic E-state index is 11.5. The van der Waals surface area contributed by atoms with Crippen molar-refractivity contribution >= 4 is 16.0 Å². The number of aliphatic imine (C=N–C) groups is 1. The molecule has 0 saturated carbocycles. The highest BCUT2D eigenvalue weighted by Crippen LogP contribution is 2.28. The number of ether oxygens (including phenoxy) is 1. The monoisotopic (exact) mass is 402 g/mol. The van der Waals surface area contributed by atoms with E-state index in [-0.39, 0.29) is 4.90 Å². The molecule has 3 rings (SSSR count). The normalized spacial score (nSPS) is 17.6. The number of guanidine groups is 1. The third-order valence-corrected chi connectivity index (χ3v) is 5.88. The topological polar surface area (TPSA) is 97.0 Å². The fraction of sp³-hybridized carbons (Fsp3) is 0.350. The van der Waals surface area contributed by atoms with Gasteiger partial charge in [-0.25, -0.2) is 13.6 Å². The van der Waals surface area contributed by atoms with E-state index < -0.39 is 10.0 Å². The highest BCUT2D eigenvalue weighted by molar-refractivity contribution is 7.89. The number of nitrogens with zero attached hydrogens (tertiary/aromatic N) is 2. The van der Waals surface area contributed by atoms with Crippen molar-refractivity contribution in [1.82, 2.24) is 10.2 Å². The Morgan fingerprint density at radius 3 is 2.68 bits per heavy atom. The van der Waals surface area contributed by atoms with Gasteiger partial charge in [-0.1, -0.05) is 24.3 Å². The Balaban J connectivity index is 1.62. The van der Waals surface area contributed by atoms with E-state index in [0.717, 1.165) is 36.8 Å². The first-order valence-corrected chi connectivity index (χ1v) is 10.7. The van der Waals surface area contributed by atoms with Gasteiger partial charge in [0.15, 0.2) is 5.96 Å². The number of benzene rings is 2. The quantitative estimate of drug-likeness (QED) is 0.588. The minimum atomic E-state index is -3.71. The molecule has 1 fully saturated rings. The van der Waals surface area contributed by atoms with E-state index in [9.17, 15) is 8.42 Å². The Bertz CT molecular complexity index is 942. The predicted molar refractivity (Wildman–Crippen MR) is 110 cm³/mol. The number of likely N-dealkylation sites (tertiary alicyclic amines) is 1. The Kier molecular flexibility index (Phi) is 6.21. The number of hydrogen-bond donors (Lipinski definition) is 2. The molecule has 7 nitrogen and oxygen atoms in total. The van der Waals surface area contributed by atoms with Gasteiger partial charge in [-0.05, 0) is 41.8 Å². The van der Waals surface area contributed by atoms with Crippen LogP contribution in [0.25, 0.3) is 0 Å². The average Bonchev–Trinajstić information content (AvgIpc) is 3.18. The summed E-state index contributed by atoms with van der Waals surface area (Å²) in [6.45, 7) is 2.26. The molecule has 1 saturated heterocycles. The third-order valence-electron chi connectivity index (χ3n) is 4.96. The van der Waals surface area contributed by atoms with Crippen molar-refractivity contribution in [3.63, 3.8) is 0 Å². The number of primary sulfonamides is 1. The van der Waals surface area contributed by atoms with Gasteiger partial charge < -0.3 is 15.0 Å². The lowest BCUT2D eigenvalue weighted by Gasteiger charge is -2.22. The molecule has 0 radical (unpaired) electrons. The van der Waals surface area contributed by atoms with E-state index in [1.54, 1.807) is 26.3 Å². The lowest BCUT2D eigenvalue weighted by Crippen LogP contribution is -2.39. The van der Waals surface area contributed by atoms with E-state index in [0.29, 0.717) is 12.5 Å². The summed E-state index contributed by atoms with van der Waals surface area (Å²) < 4.78 is 28.3. The van der Waals surface area contributed by atoms with Gasteiger partial charge in [0.2, 0.25) is 10.0 Å². The van der Waals surface area contributed by atoms with Crippen LogP contribution in [0, 0.1) is 0 Å². The zero-order valence-electron chi connectivity index (χ0n) is 16.1. The largest absolute Gasteiger partial charge is 0.497 e. The maximum Gasteiger partial charge on any atom is 0.238 e. The Morgan fingerprint density at radius 1 is 1.29 bits per heavy atom. The summed E-state index contributed by atoms with van der Waals surface area (Å²) >= 11 is 0. The lowest BCUT2D eigenvalue weighted by molar-refractivity contribution is 0.414. The molecule has 0 amide bonds. The molecule has 1 unspecified atom stereocenters. The molecule has 0 aliphatic carbocycles. The van der Waals surface area contributed by atoms with Crippen LogP contribution in [0.4, 0.5) is 0 Å². The van der Waals surface area contributed by atoms with Crippen LogP contribution >= 0.6 is 0 Å². The van der Waals surface area contributed by atoms with Crippen molar-refractivity contribution in [2.75, 3.05) is 27.2 Å². The van der Waals surface area contributed by atoms with Crippen molar-refractivity contribution in [1.29, 1.82) is 0 Å². The minimum absolute atomic E-state index is 0.113. The van der Waals surface area contributed by atoms with Gasteiger partial charge in [-0.3, -0.25) is 4.99 Å². The van der Waals surface area contributed by atoms with Crippen LogP contribution in [0.3, 0.4) is 0 Å². The summed E-state index contributed by atoms with van der Waals surface area (Å²) in [5, 5.41) is 8.52. The van der Waals surface area contributed by atoms with Gasteiger partial charge in [0.25, 0.3) is 0 Å². The van der Waals surface area contributed by atoms with Crippen LogP contribution < -0.4 is 15.2 Å². The Morgan fingerprint density at radius 2 is 2.04 bits per heavy atom. The van der Waals surface area contributed by atoms with Crippen LogP contribution in [0.15, 0.2) is 58.4 Å². The first-order valence-electron chi connectivity index (χ1n) is 9.12. The minimum Gasteiger partial charge on any atom is -0.497 e. The van der Waals surface area contributed by atoms with E-state index >= 15 is 0 Å². The van der Waals surface area contributed by atoms with E-state index in [1.807, 2.05) is 18.2 Å². The Labute approximate surface area is 166 Å². The fourth-order valence-electron chi connectivity index (χ4n) is 3.45. The molecule has 0 spiro atoms. The van der Waals surface area contributed by atoms with Crippen LogP contribution in [-0.4, -0.2) is 46.5 Å². The molecular weight excluding hydrogens is 376 g/mol.